The number of amides is 2. The van der Waals surface area contributed by atoms with Crippen molar-refractivity contribution < 1.29 is 24.2 Å². The molecule has 0 aliphatic carbocycles. The Morgan fingerprint density at radius 3 is 2.85 bits per heavy atom. The molecule has 1 aromatic carbocycles. The van der Waals surface area contributed by atoms with Crippen molar-refractivity contribution in [2.24, 2.45) is 0 Å². The molecule has 7 nitrogen and oxygen atoms in total. The lowest BCUT2D eigenvalue weighted by Gasteiger charge is -2.21. The summed E-state index contributed by atoms with van der Waals surface area (Å²) in [5.74, 6) is -1.34. The van der Waals surface area contributed by atoms with Crippen LogP contribution in [0.1, 0.15) is 16.8 Å². The van der Waals surface area contributed by atoms with Crippen LogP contribution in [-0.2, 0) is 9.59 Å². The van der Waals surface area contributed by atoms with E-state index in [1.807, 2.05) is 0 Å². The van der Waals surface area contributed by atoms with Crippen LogP contribution in [0.2, 0.25) is 0 Å². The van der Waals surface area contributed by atoms with Crippen LogP contribution >= 0.6 is 0 Å². The number of anilines is 1. The van der Waals surface area contributed by atoms with Crippen molar-refractivity contribution in [1.82, 2.24) is 5.32 Å². The zero-order valence-electron chi connectivity index (χ0n) is 10.9. The predicted molar refractivity (Wildman–Crippen MR) is 69.9 cm³/mol. The van der Waals surface area contributed by atoms with Gasteiger partial charge in [0, 0.05) is 7.05 Å². The number of fused-ring (bicyclic) bond motifs is 1. The van der Waals surface area contributed by atoms with E-state index >= 15 is 0 Å². The Hall–Kier alpha value is -2.57. The smallest absolute Gasteiger partial charge is 0.335 e. The van der Waals surface area contributed by atoms with Crippen LogP contribution < -0.4 is 15.0 Å². The number of carbonyl (C=O) groups is 3. The van der Waals surface area contributed by atoms with E-state index in [1.54, 1.807) is 0 Å². The van der Waals surface area contributed by atoms with Gasteiger partial charge in [-0.15, -0.1) is 0 Å². The lowest BCUT2D eigenvalue weighted by Crippen LogP contribution is -2.39. The fourth-order valence-corrected chi connectivity index (χ4v) is 1.90. The van der Waals surface area contributed by atoms with Gasteiger partial charge in [0.1, 0.15) is 12.3 Å². The van der Waals surface area contributed by atoms with Crippen molar-refractivity contribution in [3.05, 3.63) is 23.8 Å². The van der Waals surface area contributed by atoms with Crippen molar-refractivity contribution in [2.75, 3.05) is 25.1 Å². The van der Waals surface area contributed by atoms with Crippen molar-refractivity contribution in [3.8, 4) is 5.75 Å². The Morgan fingerprint density at radius 1 is 1.45 bits per heavy atom. The lowest BCUT2D eigenvalue weighted by molar-refractivity contribution is -0.123. The van der Waals surface area contributed by atoms with E-state index in [1.165, 1.54) is 30.1 Å². The quantitative estimate of drug-likeness (QED) is 0.826. The molecule has 106 valence electrons. The molecule has 0 saturated heterocycles. The van der Waals surface area contributed by atoms with Crippen LogP contribution in [0.15, 0.2) is 18.2 Å². The van der Waals surface area contributed by atoms with Gasteiger partial charge in [0.05, 0.1) is 24.3 Å². The average Bonchev–Trinajstić information content (AvgIpc) is 2.58. The molecule has 0 bridgehead atoms. The molecule has 2 amide bonds. The van der Waals surface area contributed by atoms with Gasteiger partial charge in [0.2, 0.25) is 11.8 Å². The minimum Gasteiger partial charge on any atom is -0.491 e. The second kappa shape index (κ2) is 5.60. The third-order valence-electron chi connectivity index (χ3n) is 2.95. The van der Waals surface area contributed by atoms with E-state index in [0.29, 0.717) is 11.4 Å². The van der Waals surface area contributed by atoms with Crippen molar-refractivity contribution in [2.45, 2.75) is 6.42 Å². The largest absolute Gasteiger partial charge is 0.491 e. The number of carboxylic acids is 1. The van der Waals surface area contributed by atoms with Gasteiger partial charge in [-0.1, -0.05) is 0 Å². The number of carbonyl (C=O) groups excluding carboxylic acids is 2. The number of carboxylic acid groups (broad SMARTS) is 1. The molecule has 1 aromatic rings. The average molecular weight is 278 g/mol. The first-order valence-corrected chi connectivity index (χ1v) is 6.04. The van der Waals surface area contributed by atoms with E-state index in [-0.39, 0.29) is 37.0 Å². The molecule has 0 saturated carbocycles. The Bertz CT molecular complexity index is 570. The SMILES string of the molecule is CNC(=O)CN1C(=O)CCOc2ccc(C(=O)O)cc21. The topological polar surface area (TPSA) is 95.9 Å². The second-order valence-corrected chi connectivity index (χ2v) is 4.24. The third kappa shape index (κ3) is 2.71. The Labute approximate surface area is 115 Å². The highest BCUT2D eigenvalue weighted by Gasteiger charge is 2.26. The first-order valence-electron chi connectivity index (χ1n) is 6.04. The maximum absolute atomic E-state index is 12.0. The van der Waals surface area contributed by atoms with Gasteiger partial charge < -0.3 is 15.2 Å². The van der Waals surface area contributed by atoms with Gasteiger partial charge in [-0.25, -0.2) is 4.79 Å². The summed E-state index contributed by atoms with van der Waals surface area (Å²) in [5, 5.41) is 11.4. The normalized spacial score (nSPS) is 14.1. The molecule has 7 heteroatoms. The van der Waals surface area contributed by atoms with Crippen LogP contribution in [0.4, 0.5) is 5.69 Å². The molecule has 1 heterocycles. The van der Waals surface area contributed by atoms with E-state index in [4.69, 9.17) is 9.84 Å². The third-order valence-corrected chi connectivity index (χ3v) is 2.95. The molecule has 20 heavy (non-hydrogen) atoms. The van der Waals surface area contributed by atoms with E-state index in [2.05, 4.69) is 5.32 Å². The molecule has 2 rings (SSSR count). The van der Waals surface area contributed by atoms with E-state index < -0.39 is 5.97 Å². The summed E-state index contributed by atoms with van der Waals surface area (Å²) in [5.41, 5.74) is 0.333. The minimum absolute atomic E-state index is 0.0314. The van der Waals surface area contributed by atoms with Crippen molar-refractivity contribution >= 4 is 23.5 Å². The molecule has 0 unspecified atom stereocenters. The Morgan fingerprint density at radius 2 is 2.20 bits per heavy atom. The lowest BCUT2D eigenvalue weighted by atomic mass is 10.1. The zero-order chi connectivity index (χ0) is 14.7. The number of aromatic carboxylic acids is 1. The molecule has 1 aliphatic heterocycles. The number of nitrogens with one attached hydrogen (secondary N) is 1. The van der Waals surface area contributed by atoms with Gasteiger partial charge in [-0.3, -0.25) is 14.5 Å². The number of likely N-dealkylation sites (N-methyl/N-ethyl adjacent to an activating group) is 1. The fraction of sp³-hybridized carbons (Fsp3) is 0.308. The molecule has 1 aliphatic rings. The van der Waals surface area contributed by atoms with E-state index in [0.717, 1.165) is 0 Å². The van der Waals surface area contributed by atoms with Crippen LogP contribution in [-0.4, -0.2) is 43.1 Å². The molecular weight excluding hydrogens is 264 g/mol. The highest BCUT2D eigenvalue weighted by molar-refractivity contribution is 6.01. The minimum atomic E-state index is -1.11. The molecule has 0 radical (unpaired) electrons. The van der Waals surface area contributed by atoms with Crippen LogP contribution in [0, 0.1) is 0 Å². The van der Waals surface area contributed by atoms with Gasteiger partial charge in [0.15, 0.2) is 0 Å². The summed E-state index contributed by atoms with van der Waals surface area (Å²) in [6.45, 7) is 0.0251. The van der Waals surface area contributed by atoms with Gasteiger partial charge in [0.25, 0.3) is 0 Å². The van der Waals surface area contributed by atoms with Crippen molar-refractivity contribution in [3.63, 3.8) is 0 Å². The highest BCUT2D eigenvalue weighted by atomic mass is 16.5. The maximum atomic E-state index is 12.0. The fourth-order valence-electron chi connectivity index (χ4n) is 1.90. The number of ether oxygens (including phenoxy) is 1. The second-order valence-electron chi connectivity index (χ2n) is 4.24. The van der Waals surface area contributed by atoms with Gasteiger partial charge in [-0.2, -0.15) is 0 Å². The summed E-state index contributed by atoms with van der Waals surface area (Å²) in [6, 6.07) is 4.23. The van der Waals surface area contributed by atoms with Crippen LogP contribution in [0.25, 0.3) is 0 Å². The number of benzene rings is 1. The summed E-state index contributed by atoms with van der Waals surface area (Å²) >= 11 is 0. The molecule has 0 atom stereocenters. The summed E-state index contributed by atoms with van der Waals surface area (Å²) in [4.78, 5) is 35.8. The van der Waals surface area contributed by atoms with Crippen LogP contribution in [0.3, 0.4) is 0 Å². The monoisotopic (exact) mass is 278 g/mol. The Kier molecular flexibility index (Phi) is 3.88. The van der Waals surface area contributed by atoms with Gasteiger partial charge in [-0.05, 0) is 18.2 Å². The van der Waals surface area contributed by atoms with E-state index in [9.17, 15) is 14.4 Å². The molecule has 0 aromatic heterocycles. The number of hydrogen-bond acceptors (Lipinski definition) is 4. The highest BCUT2D eigenvalue weighted by Crippen LogP contribution is 2.32. The van der Waals surface area contributed by atoms with Gasteiger partial charge >= 0.3 is 5.97 Å². The molecule has 2 N–H and O–H groups in total. The zero-order valence-corrected chi connectivity index (χ0v) is 10.9. The Balaban J connectivity index is 2.45. The molecular formula is C13H14N2O5. The number of hydrogen-bond donors (Lipinski definition) is 2. The number of nitrogens with zero attached hydrogens (tertiary/aromatic N) is 1. The first kappa shape index (κ1) is 13.9. The summed E-state index contributed by atoms with van der Waals surface area (Å²) < 4.78 is 5.41. The summed E-state index contributed by atoms with van der Waals surface area (Å²) in [7, 11) is 1.47. The van der Waals surface area contributed by atoms with Crippen LogP contribution in [0.5, 0.6) is 5.75 Å². The summed E-state index contributed by atoms with van der Waals surface area (Å²) in [6.07, 6.45) is 0.133. The predicted octanol–water partition coefficient (Wildman–Crippen LogP) is 0.246. The number of rotatable bonds is 3. The standard InChI is InChI=1S/C13H14N2O5/c1-14-11(16)7-15-9-6-8(13(18)19)2-3-10(9)20-5-4-12(15)17/h2-3,6H,4-5,7H2,1H3,(H,14,16)(H,18,19). The van der Waals surface area contributed by atoms with Crippen molar-refractivity contribution in [1.29, 1.82) is 0 Å². The molecule has 0 fully saturated rings. The maximum Gasteiger partial charge on any atom is 0.335 e. The molecule has 0 spiro atoms. The first-order chi connectivity index (χ1) is 9.52.